The van der Waals surface area contributed by atoms with Crippen LogP contribution in [0.1, 0.15) is 21.6 Å². The van der Waals surface area contributed by atoms with Crippen molar-refractivity contribution in [2.24, 2.45) is 0 Å². The van der Waals surface area contributed by atoms with Crippen molar-refractivity contribution in [1.29, 1.82) is 0 Å². The summed E-state index contributed by atoms with van der Waals surface area (Å²) >= 11 is 0. The summed E-state index contributed by atoms with van der Waals surface area (Å²) in [5.41, 5.74) is 3.61. The molecule has 0 saturated carbocycles. The molecule has 3 aromatic rings. The molecule has 0 radical (unpaired) electrons. The van der Waals surface area contributed by atoms with Gasteiger partial charge in [-0.05, 0) is 30.2 Å². The highest BCUT2D eigenvalue weighted by Crippen LogP contribution is 2.39. The molecule has 1 aliphatic rings. The number of H-pyrrole nitrogens is 1. The minimum Gasteiger partial charge on any atom is -0.493 e. The van der Waals surface area contributed by atoms with Crippen LogP contribution in [0.2, 0.25) is 0 Å². The zero-order valence-electron chi connectivity index (χ0n) is 16.7. The number of aromatic nitrogens is 1. The Hall–Kier alpha value is -3.19. The van der Waals surface area contributed by atoms with Crippen LogP contribution >= 0.6 is 0 Å². The van der Waals surface area contributed by atoms with Crippen molar-refractivity contribution < 1.29 is 24.1 Å². The van der Waals surface area contributed by atoms with Crippen LogP contribution in [0.4, 0.5) is 0 Å². The fraction of sp³-hybridized carbons (Fsp3) is 0.318. The number of carbonyl (C=O) groups is 1. The Kier molecular flexibility index (Phi) is 5.07. The molecule has 0 fully saturated rings. The summed E-state index contributed by atoms with van der Waals surface area (Å²) in [7, 11) is 4.55. The molecule has 1 unspecified atom stereocenters. The first-order chi connectivity index (χ1) is 14.1. The number of rotatable bonds is 5. The van der Waals surface area contributed by atoms with Crippen molar-refractivity contribution in [1.82, 2.24) is 9.88 Å². The molecule has 0 bridgehead atoms. The molecule has 2 N–H and O–H groups in total. The lowest BCUT2D eigenvalue weighted by atomic mass is 9.96. The van der Waals surface area contributed by atoms with E-state index in [1.165, 1.54) is 21.3 Å². The maximum Gasteiger partial charge on any atom is 0.254 e. The lowest BCUT2D eigenvalue weighted by Gasteiger charge is -2.35. The van der Waals surface area contributed by atoms with Crippen LogP contribution in [0.15, 0.2) is 36.4 Å². The molecule has 2 heterocycles. The third kappa shape index (κ3) is 3.17. The van der Waals surface area contributed by atoms with Gasteiger partial charge in [-0.3, -0.25) is 4.79 Å². The Labute approximate surface area is 168 Å². The lowest BCUT2D eigenvalue weighted by molar-refractivity contribution is 0.0541. The smallest absolute Gasteiger partial charge is 0.254 e. The predicted octanol–water partition coefficient (Wildman–Crippen LogP) is 2.75. The molecule has 29 heavy (non-hydrogen) atoms. The Bertz CT molecular complexity index is 1030. The van der Waals surface area contributed by atoms with Gasteiger partial charge >= 0.3 is 0 Å². The van der Waals surface area contributed by atoms with E-state index >= 15 is 0 Å². The van der Waals surface area contributed by atoms with Crippen molar-refractivity contribution in [2.45, 2.75) is 19.0 Å². The van der Waals surface area contributed by atoms with Crippen LogP contribution in [-0.2, 0) is 13.0 Å². The number of ether oxygens (including phenoxy) is 3. The van der Waals surface area contributed by atoms with Gasteiger partial charge in [0.25, 0.3) is 5.91 Å². The number of hydrogen-bond acceptors (Lipinski definition) is 5. The molecule has 1 amide bonds. The predicted molar refractivity (Wildman–Crippen MR) is 109 cm³/mol. The third-order valence-corrected chi connectivity index (χ3v) is 5.49. The molecular weight excluding hydrogens is 372 g/mol. The fourth-order valence-electron chi connectivity index (χ4n) is 4.04. The van der Waals surface area contributed by atoms with Crippen molar-refractivity contribution >= 4 is 16.8 Å². The number of nitrogens with one attached hydrogen (secondary N) is 1. The molecule has 0 saturated heterocycles. The Morgan fingerprint density at radius 1 is 1.14 bits per heavy atom. The van der Waals surface area contributed by atoms with Crippen LogP contribution in [0.3, 0.4) is 0 Å². The van der Waals surface area contributed by atoms with E-state index in [0.717, 1.165) is 22.2 Å². The maximum atomic E-state index is 13.4. The van der Waals surface area contributed by atoms with Gasteiger partial charge in [0.1, 0.15) is 0 Å². The zero-order chi connectivity index (χ0) is 20.5. The van der Waals surface area contributed by atoms with E-state index in [4.69, 9.17) is 14.2 Å². The normalized spacial score (nSPS) is 15.9. The second kappa shape index (κ2) is 7.67. The number of hydrogen-bond donors (Lipinski definition) is 2. The van der Waals surface area contributed by atoms with Crippen LogP contribution < -0.4 is 14.2 Å². The van der Waals surface area contributed by atoms with E-state index in [1.807, 2.05) is 18.2 Å². The number of aliphatic hydroxyl groups is 1. The van der Waals surface area contributed by atoms with Gasteiger partial charge in [-0.25, -0.2) is 0 Å². The highest BCUT2D eigenvalue weighted by atomic mass is 16.5. The van der Waals surface area contributed by atoms with Gasteiger partial charge < -0.3 is 29.2 Å². The molecule has 0 aliphatic carbocycles. The van der Waals surface area contributed by atoms with Crippen molar-refractivity contribution in [3.63, 3.8) is 0 Å². The van der Waals surface area contributed by atoms with Crippen LogP contribution in [0.25, 0.3) is 10.9 Å². The summed E-state index contributed by atoms with van der Waals surface area (Å²) in [6.45, 7) is 0.278. The number of para-hydroxylation sites is 1. The fourth-order valence-corrected chi connectivity index (χ4v) is 4.04. The number of benzene rings is 2. The molecule has 1 aliphatic heterocycles. The Morgan fingerprint density at radius 3 is 2.45 bits per heavy atom. The van der Waals surface area contributed by atoms with Gasteiger partial charge in [0.15, 0.2) is 11.5 Å². The average molecular weight is 396 g/mol. The van der Waals surface area contributed by atoms with Crippen molar-refractivity contribution in [3.05, 3.63) is 53.2 Å². The van der Waals surface area contributed by atoms with Crippen molar-refractivity contribution in [3.8, 4) is 17.2 Å². The summed E-state index contributed by atoms with van der Waals surface area (Å²) < 4.78 is 16.1. The van der Waals surface area contributed by atoms with E-state index in [1.54, 1.807) is 17.0 Å². The second-order valence-corrected chi connectivity index (χ2v) is 7.02. The largest absolute Gasteiger partial charge is 0.493 e. The second-order valence-electron chi connectivity index (χ2n) is 7.02. The van der Waals surface area contributed by atoms with E-state index in [-0.39, 0.29) is 18.6 Å². The third-order valence-electron chi connectivity index (χ3n) is 5.49. The SMILES string of the molecule is COc1cc(C(=O)N2Cc3[nH]c4ccccc4c3CC2CO)cc(OC)c1OC. The molecule has 7 heteroatoms. The molecule has 1 aromatic heterocycles. The number of fused-ring (bicyclic) bond motifs is 3. The molecule has 7 nitrogen and oxygen atoms in total. The molecule has 4 rings (SSSR count). The van der Waals surface area contributed by atoms with E-state index < -0.39 is 0 Å². The van der Waals surface area contributed by atoms with E-state index in [9.17, 15) is 9.90 Å². The first-order valence-corrected chi connectivity index (χ1v) is 9.41. The molecule has 1 atom stereocenters. The number of methoxy groups -OCH3 is 3. The van der Waals surface area contributed by atoms with Gasteiger partial charge in [0.05, 0.1) is 40.5 Å². The van der Waals surface area contributed by atoms with Gasteiger partial charge in [-0.1, -0.05) is 18.2 Å². The summed E-state index contributed by atoms with van der Waals surface area (Å²) in [6, 6.07) is 11.0. The lowest BCUT2D eigenvalue weighted by Crippen LogP contribution is -2.46. The molecule has 0 spiro atoms. The average Bonchev–Trinajstić information content (AvgIpc) is 3.13. The zero-order valence-corrected chi connectivity index (χ0v) is 16.7. The number of amides is 1. The quantitative estimate of drug-likeness (QED) is 0.693. The monoisotopic (exact) mass is 396 g/mol. The summed E-state index contributed by atoms with van der Waals surface area (Å²) in [4.78, 5) is 18.5. The molecular formula is C22H24N2O5. The maximum absolute atomic E-state index is 13.4. The number of aliphatic hydroxyl groups excluding tert-OH is 1. The van der Waals surface area contributed by atoms with Gasteiger partial charge in [0.2, 0.25) is 5.75 Å². The number of nitrogens with zero attached hydrogens (tertiary/aromatic N) is 1. The van der Waals surface area contributed by atoms with Gasteiger partial charge in [-0.2, -0.15) is 0 Å². The van der Waals surface area contributed by atoms with Gasteiger partial charge in [0, 0.05) is 22.2 Å². The van der Waals surface area contributed by atoms with E-state index in [2.05, 4.69) is 11.1 Å². The number of aromatic amines is 1. The molecule has 2 aromatic carbocycles. The first-order valence-electron chi connectivity index (χ1n) is 9.41. The topological polar surface area (TPSA) is 84.0 Å². The highest BCUT2D eigenvalue weighted by molar-refractivity contribution is 5.96. The van der Waals surface area contributed by atoms with Gasteiger partial charge in [-0.15, -0.1) is 0 Å². The summed E-state index contributed by atoms with van der Waals surface area (Å²) in [6.07, 6.45) is 0.589. The standard InChI is InChI=1S/C22H24N2O5/c1-27-19-8-13(9-20(28-2)21(19)29-3)22(26)24-11-18-16(10-14(24)12-25)15-6-4-5-7-17(15)23-18/h4-9,14,23,25H,10-12H2,1-3H3. The van der Waals surface area contributed by atoms with Crippen LogP contribution in [0.5, 0.6) is 17.2 Å². The van der Waals surface area contributed by atoms with Crippen molar-refractivity contribution in [2.75, 3.05) is 27.9 Å². The Morgan fingerprint density at radius 2 is 1.83 bits per heavy atom. The minimum atomic E-state index is -0.312. The minimum absolute atomic E-state index is 0.116. The Balaban J connectivity index is 1.73. The summed E-state index contributed by atoms with van der Waals surface area (Å²) in [5, 5.41) is 11.1. The summed E-state index contributed by atoms with van der Waals surface area (Å²) in [5.74, 6) is 1.06. The molecule has 152 valence electrons. The van der Waals surface area contributed by atoms with Crippen LogP contribution in [0, 0.1) is 0 Å². The highest BCUT2D eigenvalue weighted by Gasteiger charge is 2.33. The van der Waals surface area contributed by atoms with Crippen LogP contribution in [-0.4, -0.2) is 54.9 Å². The first kappa shape index (κ1) is 19.1. The number of carbonyl (C=O) groups excluding carboxylic acids is 1. The van der Waals surface area contributed by atoms with E-state index in [0.29, 0.717) is 35.8 Å².